The molecule has 1 aromatic rings. The van der Waals surface area contributed by atoms with Gasteiger partial charge in [0.25, 0.3) is 11.6 Å². The lowest BCUT2D eigenvalue weighted by Crippen LogP contribution is -2.32. The number of nitro benzene ring substituents is 1. The Morgan fingerprint density at radius 2 is 2.00 bits per heavy atom. The fourth-order valence-corrected chi connectivity index (χ4v) is 1.67. The Kier molecular flexibility index (Phi) is 5.01. The average Bonchev–Trinajstić information content (AvgIpc) is 2.45. The zero-order valence-corrected chi connectivity index (χ0v) is 10.7. The minimum Gasteiger partial charge on any atom is -0.382 e. The van der Waals surface area contributed by atoms with Gasteiger partial charge in [-0.3, -0.25) is 14.9 Å². The summed E-state index contributed by atoms with van der Waals surface area (Å²) in [5.41, 5.74) is -0.136. The Morgan fingerprint density at radius 3 is 2.45 bits per heavy atom. The highest BCUT2D eigenvalue weighted by Crippen LogP contribution is 2.28. The summed E-state index contributed by atoms with van der Waals surface area (Å²) in [5, 5.41) is 30.8. The number of rotatable bonds is 5. The van der Waals surface area contributed by atoms with Crippen LogP contribution in [0.1, 0.15) is 10.4 Å². The first-order valence-corrected chi connectivity index (χ1v) is 5.55. The van der Waals surface area contributed by atoms with Crippen molar-refractivity contribution in [3.05, 3.63) is 33.9 Å². The summed E-state index contributed by atoms with van der Waals surface area (Å²) in [6, 6.07) is 7.60. The number of amides is 1. The molecule has 0 unspecified atom stereocenters. The second kappa shape index (κ2) is 6.71. The molecule has 0 saturated carbocycles. The molecule has 1 aromatic carbocycles. The van der Waals surface area contributed by atoms with Crippen molar-refractivity contribution < 1.29 is 9.72 Å². The van der Waals surface area contributed by atoms with Gasteiger partial charge in [-0.15, -0.1) is 0 Å². The van der Waals surface area contributed by atoms with Crippen LogP contribution in [0, 0.1) is 32.8 Å². The molecule has 0 heterocycles. The Morgan fingerprint density at radius 1 is 1.40 bits per heavy atom. The highest BCUT2D eigenvalue weighted by Gasteiger charge is 2.24. The van der Waals surface area contributed by atoms with Crippen molar-refractivity contribution in [3.63, 3.8) is 0 Å². The summed E-state index contributed by atoms with van der Waals surface area (Å²) < 4.78 is 0. The molecule has 0 fully saturated rings. The lowest BCUT2D eigenvalue weighted by atomic mass is 10.1. The molecule has 0 aliphatic heterocycles. The number of nitrogens with zero attached hydrogens (tertiary/aromatic N) is 4. The van der Waals surface area contributed by atoms with Gasteiger partial charge >= 0.3 is 0 Å². The topological polar surface area (TPSA) is 123 Å². The summed E-state index contributed by atoms with van der Waals surface area (Å²) in [5.74, 6) is -0.610. The van der Waals surface area contributed by atoms with E-state index in [2.05, 4.69) is 5.32 Å². The maximum Gasteiger partial charge on any atom is 0.293 e. The minimum absolute atomic E-state index is 0.0483. The van der Waals surface area contributed by atoms with Crippen molar-refractivity contribution in [2.75, 3.05) is 25.5 Å². The molecule has 0 aromatic heterocycles. The van der Waals surface area contributed by atoms with Crippen molar-refractivity contribution in [2.45, 2.75) is 0 Å². The molecule has 0 bridgehead atoms. The van der Waals surface area contributed by atoms with Crippen LogP contribution in [-0.4, -0.2) is 35.9 Å². The van der Waals surface area contributed by atoms with Crippen LogP contribution in [0.4, 0.5) is 11.4 Å². The second-order valence-electron chi connectivity index (χ2n) is 3.68. The summed E-state index contributed by atoms with van der Waals surface area (Å²) in [7, 11) is 1.46. The van der Waals surface area contributed by atoms with Gasteiger partial charge in [-0.05, 0) is 6.07 Å². The SMILES string of the molecule is CNc1c(C(=O)N(CC#N)CC#N)cccc1[N+](=O)[O-]. The third-order valence-electron chi connectivity index (χ3n) is 2.53. The number of benzene rings is 1. The average molecular weight is 273 g/mol. The third-order valence-corrected chi connectivity index (χ3v) is 2.53. The van der Waals surface area contributed by atoms with Crippen LogP contribution in [0.5, 0.6) is 0 Å². The Hall–Kier alpha value is -3.13. The van der Waals surface area contributed by atoms with Gasteiger partial charge in [-0.1, -0.05) is 6.07 Å². The lowest BCUT2D eigenvalue weighted by molar-refractivity contribution is -0.384. The van der Waals surface area contributed by atoms with Crippen LogP contribution >= 0.6 is 0 Å². The molecule has 0 aliphatic carbocycles. The predicted octanol–water partition coefficient (Wildman–Crippen LogP) is 1.13. The van der Waals surface area contributed by atoms with Gasteiger partial charge in [0.2, 0.25) is 0 Å². The molecule has 0 radical (unpaired) electrons. The van der Waals surface area contributed by atoms with Gasteiger partial charge in [0.05, 0.1) is 22.6 Å². The van der Waals surface area contributed by atoms with Gasteiger partial charge in [-0.2, -0.15) is 10.5 Å². The van der Waals surface area contributed by atoms with E-state index in [-0.39, 0.29) is 30.0 Å². The first kappa shape index (κ1) is 14.9. The molecule has 1 rings (SSSR count). The lowest BCUT2D eigenvalue weighted by Gasteiger charge is -2.17. The van der Waals surface area contributed by atoms with Gasteiger partial charge in [0.15, 0.2) is 0 Å². The first-order chi connectivity index (χ1) is 9.56. The number of carbonyl (C=O) groups is 1. The van der Waals surface area contributed by atoms with Gasteiger partial charge in [0.1, 0.15) is 18.8 Å². The Labute approximate surface area is 115 Å². The normalized spacial score (nSPS) is 9.15. The molecular weight excluding hydrogens is 262 g/mol. The smallest absolute Gasteiger partial charge is 0.293 e. The van der Waals surface area contributed by atoms with Crippen LogP contribution < -0.4 is 5.32 Å². The van der Waals surface area contributed by atoms with Crippen molar-refractivity contribution in [3.8, 4) is 12.1 Å². The van der Waals surface area contributed by atoms with Crippen molar-refractivity contribution in [2.24, 2.45) is 0 Å². The standard InChI is InChI=1S/C12H11N5O3/c1-15-11-9(3-2-4-10(11)17(19)20)12(18)16(7-5-13)8-6-14/h2-4,15H,7-8H2,1H3. The number of nitrogens with one attached hydrogen (secondary N) is 1. The molecule has 1 amide bonds. The molecule has 0 saturated heterocycles. The van der Waals surface area contributed by atoms with Gasteiger partial charge in [0, 0.05) is 13.1 Å². The van der Waals surface area contributed by atoms with Crippen molar-refractivity contribution in [1.82, 2.24) is 4.90 Å². The van der Waals surface area contributed by atoms with Gasteiger partial charge in [-0.25, -0.2) is 0 Å². The molecule has 0 atom stereocenters. The molecule has 1 N–H and O–H groups in total. The molecule has 20 heavy (non-hydrogen) atoms. The van der Waals surface area contributed by atoms with E-state index in [1.165, 1.54) is 25.2 Å². The molecular formula is C12H11N5O3. The van der Waals surface area contributed by atoms with E-state index in [1.54, 1.807) is 12.1 Å². The fraction of sp³-hybridized carbons (Fsp3) is 0.250. The van der Waals surface area contributed by atoms with E-state index in [9.17, 15) is 14.9 Å². The summed E-state index contributed by atoms with van der Waals surface area (Å²) in [4.78, 5) is 23.6. The monoisotopic (exact) mass is 273 g/mol. The van der Waals surface area contributed by atoms with Crippen molar-refractivity contribution in [1.29, 1.82) is 10.5 Å². The zero-order chi connectivity index (χ0) is 15.1. The van der Waals surface area contributed by atoms with Crippen LogP contribution in [-0.2, 0) is 0 Å². The van der Waals surface area contributed by atoms with Crippen LogP contribution in [0.2, 0.25) is 0 Å². The van der Waals surface area contributed by atoms with E-state index in [0.717, 1.165) is 4.90 Å². The molecule has 8 heteroatoms. The molecule has 0 aliphatic rings. The van der Waals surface area contributed by atoms with E-state index in [4.69, 9.17) is 10.5 Å². The second-order valence-corrected chi connectivity index (χ2v) is 3.68. The third kappa shape index (κ3) is 3.00. The number of nitro groups is 1. The highest BCUT2D eigenvalue weighted by atomic mass is 16.6. The summed E-state index contributed by atoms with van der Waals surface area (Å²) in [6.45, 7) is -0.531. The van der Waals surface area contributed by atoms with E-state index >= 15 is 0 Å². The maximum absolute atomic E-state index is 12.2. The Balaban J connectivity index is 3.28. The number of para-hydroxylation sites is 1. The van der Waals surface area contributed by atoms with Crippen molar-refractivity contribution >= 4 is 17.3 Å². The molecule has 8 nitrogen and oxygen atoms in total. The summed E-state index contributed by atoms with van der Waals surface area (Å²) in [6.07, 6.45) is 0. The first-order valence-electron chi connectivity index (χ1n) is 5.55. The molecule has 102 valence electrons. The summed E-state index contributed by atoms with van der Waals surface area (Å²) >= 11 is 0. The number of anilines is 1. The minimum atomic E-state index is -0.610. The fourth-order valence-electron chi connectivity index (χ4n) is 1.67. The van der Waals surface area contributed by atoms with E-state index in [1.807, 2.05) is 0 Å². The Bertz CT molecular complexity index is 598. The number of carbonyl (C=O) groups excluding carboxylic acids is 1. The number of hydrogen-bond donors (Lipinski definition) is 1. The highest BCUT2D eigenvalue weighted by molar-refractivity contribution is 6.01. The largest absolute Gasteiger partial charge is 0.382 e. The van der Waals surface area contributed by atoms with Crippen LogP contribution in [0.3, 0.4) is 0 Å². The zero-order valence-electron chi connectivity index (χ0n) is 10.7. The predicted molar refractivity (Wildman–Crippen MR) is 69.8 cm³/mol. The van der Waals surface area contributed by atoms with E-state index in [0.29, 0.717) is 0 Å². The number of nitriles is 2. The molecule has 0 spiro atoms. The van der Waals surface area contributed by atoms with Gasteiger partial charge < -0.3 is 10.2 Å². The maximum atomic E-state index is 12.2. The van der Waals surface area contributed by atoms with Crippen LogP contribution in [0.25, 0.3) is 0 Å². The number of hydrogen-bond acceptors (Lipinski definition) is 6. The van der Waals surface area contributed by atoms with Crippen LogP contribution in [0.15, 0.2) is 18.2 Å². The van der Waals surface area contributed by atoms with E-state index < -0.39 is 10.8 Å². The quantitative estimate of drug-likeness (QED) is 0.487.